The van der Waals surface area contributed by atoms with E-state index in [1.54, 1.807) is 0 Å². The number of carboxylic acid groups (broad SMARTS) is 1. The van der Waals surface area contributed by atoms with Gasteiger partial charge < -0.3 is 20.6 Å². The summed E-state index contributed by atoms with van der Waals surface area (Å²) < 4.78 is 0. The molecule has 1 rings (SSSR count). The van der Waals surface area contributed by atoms with Gasteiger partial charge in [0.15, 0.2) is 0 Å². The largest absolute Gasteiger partial charge is 0.481 e. The van der Waals surface area contributed by atoms with Gasteiger partial charge in [0.05, 0.1) is 0 Å². The fourth-order valence-corrected chi connectivity index (χ4v) is 2.33. The standard InChI is InChI=1S/C14H28N4O3/c1-11(4-5-13(19)20)8-15-14(21)16-9-12-10-17(2)6-7-18(12)3/h11-12H,4-10H2,1-3H3,(H,19,20)(H2,15,16,21). The minimum Gasteiger partial charge on any atom is -0.481 e. The van der Waals surface area contributed by atoms with Crippen molar-refractivity contribution >= 4 is 12.0 Å². The minimum atomic E-state index is -0.796. The van der Waals surface area contributed by atoms with Crippen LogP contribution in [0.5, 0.6) is 0 Å². The number of piperazine rings is 1. The first-order valence-electron chi connectivity index (χ1n) is 7.50. The zero-order valence-corrected chi connectivity index (χ0v) is 13.3. The van der Waals surface area contributed by atoms with Crippen molar-refractivity contribution < 1.29 is 14.7 Å². The van der Waals surface area contributed by atoms with Crippen LogP contribution >= 0.6 is 0 Å². The van der Waals surface area contributed by atoms with E-state index in [9.17, 15) is 9.59 Å². The summed E-state index contributed by atoms with van der Waals surface area (Å²) in [5.41, 5.74) is 0. The molecule has 7 nitrogen and oxygen atoms in total. The maximum atomic E-state index is 11.7. The van der Waals surface area contributed by atoms with Crippen LogP contribution in [0, 0.1) is 5.92 Å². The fraction of sp³-hybridized carbons (Fsp3) is 0.857. The van der Waals surface area contributed by atoms with E-state index in [-0.39, 0.29) is 18.4 Å². The van der Waals surface area contributed by atoms with E-state index in [2.05, 4.69) is 34.5 Å². The lowest BCUT2D eigenvalue weighted by Gasteiger charge is -2.37. The van der Waals surface area contributed by atoms with Crippen LogP contribution in [-0.4, -0.2) is 79.8 Å². The first-order chi connectivity index (χ1) is 9.88. The topological polar surface area (TPSA) is 84.9 Å². The van der Waals surface area contributed by atoms with E-state index in [0.29, 0.717) is 25.6 Å². The summed E-state index contributed by atoms with van der Waals surface area (Å²) >= 11 is 0. The van der Waals surface area contributed by atoms with Gasteiger partial charge in [-0.15, -0.1) is 0 Å². The summed E-state index contributed by atoms with van der Waals surface area (Å²) in [5, 5.41) is 14.3. The van der Waals surface area contributed by atoms with Gasteiger partial charge in [-0.3, -0.25) is 9.69 Å². The first-order valence-corrected chi connectivity index (χ1v) is 7.50. The Balaban J connectivity index is 2.17. The maximum Gasteiger partial charge on any atom is 0.314 e. The molecule has 7 heteroatoms. The third-order valence-electron chi connectivity index (χ3n) is 3.94. The van der Waals surface area contributed by atoms with Gasteiger partial charge in [-0.1, -0.05) is 6.92 Å². The molecular formula is C14H28N4O3. The van der Waals surface area contributed by atoms with Gasteiger partial charge in [0.1, 0.15) is 0 Å². The molecule has 0 aliphatic carbocycles. The zero-order chi connectivity index (χ0) is 15.8. The average Bonchev–Trinajstić information content (AvgIpc) is 2.43. The highest BCUT2D eigenvalue weighted by Gasteiger charge is 2.22. The molecule has 1 heterocycles. The van der Waals surface area contributed by atoms with Gasteiger partial charge in [0.2, 0.25) is 0 Å². The number of carbonyl (C=O) groups is 2. The van der Waals surface area contributed by atoms with E-state index in [1.807, 2.05) is 6.92 Å². The smallest absolute Gasteiger partial charge is 0.314 e. The number of nitrogens with zero attached hydrogens (tertiary/aromatic N) is 2. The third-order valence-corrected chi connectivity index (χ3v) is 3.94. The fourth-order valence-electron chi connectivity index (χ4n) is 2.33. The van der Waals surface area contributed by atoms with Crippen molar-refractivity contribution in [2.24, 2.45) is 5.92 Å². The Bertz CT molecular complexity index is 351. The van der Waals surface area contributed by atoms with Crippen LogP contribution in [0.4, 0.5) is 4.79 Å². The zero-order valence-electron chi connectivity index (χ0n) is 13.3. The Morgan fingerprint density at radius 3 is 2.67 bits per heavy atom. The Morgan fingerprint density at radius 1 is 1.29 bits per heavy atom. The maximum absolute atomic E-state index is 11.7. The summed E-state index contributed by atoms with van der Waals surface area (Å²) in [7, 11) is 4.16. The molecule has 2 atom stereocenters. The number of hydrogen-bond acceptors (Lipinski definition) is 4. The monoisotopic (exact) mass is 300 g/mol. The molecule has 1 aliphatic rings. The molecule has 2 unspecified atom stereocenters. The summed E-state index contributed by atoms with van der Waals surface area (Å²) in [4.78, 5) is 26.7. The van der Waals surface area contributed by atoms with Crippen molar-refractivity contribution in [3.8, 4) is 0 Å². The lowest BCUT2D eigenvalue weighted by atomic mass is 10.1. The van der Waals surface area contributed by atoms with Crippen LogP contribution in [0.1, 0.15) is 19.8 Å². The van der Waals surface area contributed by atoms with Crippen LogP contribution in [0.15, 0.2) is 0 Å². The Hall–Kier alpha value is -1.34. The second kappa shape index (κ2) is 8.84. The normalized spacial score (nSPS) is 21.8. The molecule has 122 valence electrons. The van der Waals surface area contributed by atoms with Crippen molar-refractivity contribution in [3.05, 3.63) is 0 Å². The summed E-state index contributed by atoms with van der Waals surface area (Å²) in [6.07, 6.45) is 0.718. The Kier molecular flexibility index (Phi) is 7.45. The van der Waals surface area contributed by atoms with Gasteiger partial charge in [-0.2, -0.15) is 0 Å². The molecule has 0 aromatic rings. The van der Waals surface area contributed by atoms with Crippen LogP contribution in [0.3, 0.4) is 0 Å². The average molecular weight is 300 g/mol. The van der Waals surface area contributed by atoms with E-state index in [1.165, 1.54) is 0 Å². The lowest BCUT2D eigenvalue weighted by molar-refractivity contribution is -0.137. The van der Waals surface area contributed by atoms with Crippen molar-refractivity contribution in [3.63, 3.8) is 0 Å². The SMILES string of the molecule is CC(CCC(=O)O)CNC(=O)NCC1CN(C)CCN1C. The number of nitrogens with one attached hydrogen (secondary N) is 2. The van der Waals surface area contributed by atoms with Crippen molar-refractivity contribution in [2.75, 3.05) is 46.8 Å². The van der Waals surface area contributed by atoms with Crippen molar-refractivity contribution in [2.45, 2.75) is 25.8 Å². The van der Waals surface area contributed by atoms with E-state index >= 15 is 0 Å². The van der Waals surface area contributed by atoms with Crippen LogP contribution in [0.2, 0.25) is 0 Å². The quantitative estimate of drug-likeness (QED) is 0.618. The number of hydrogen-bond donors (Lipinski definition) is 3. The molecule has 1 saturated heterocycles. The predicted molar refractivity (Wildman–Crippen MR) is 81.4 cm³/mol. The van der Waals surface area contributed by atoms with E-state index in [0.717, 1.165) is 19.6 Å². The van der Waals surface area contributed by atoms with Crippen molar-refractivity contribution in [1.82, 2.24) is 20.4 Å². The molecular weight excluding hydrogens is 272 g/mol. The second-order valence-electron chi connectivity index (χ2n) is 6.03. The van der Waals surface area contributed by atoms with Gasteiger partial charge in [0.25, 0.3) is 0 Å². The van der Waals surface area contributed by atoms with E-state index < -0.39 is 5.97 Å². The minimum absolute atomic E-state index is 0.143. The summed E-state index contributed by atoms with van der Waals surface area (Å²) in [5.74, 6) is -0.633. The molecule has 3 N–H and O–H groups in total. The molecule has 0 saturated carbocycles. The molecule has 0 aromatic heterocycles. The van der Waals surface area contributed by atoms with Gasteiger partial charge in [0, 0.05) is 45.2 Å². The van der Waals surface area contributed by atoms with Crippen LogP contribution < -0.4 is 10.6 Å². The molecule has 1 fully saturated rings. The van der Waals surface area contributed by atoms with Crippen LogP contribution in [-0.2, 0) is 4.79 Å². The first kappa shape index (κ1) is 17.7. The number of carboxylic acids is 1. The molecule has 0 bridgehead atoms. The predicted octanol–water partition coefficient (Wildman–Crippen LogP) is 0.0323. The molecule has 2 amide bonds. The molecule has 0 aromatic carbocycles. The highest BCUT2D eigenvalue weighted by Crippen LogP contribution is 2.05. The summed E-state index contributed by atoms with van der Waals surface area (Å²) in [6.45, 7) is 6.07. The third kappa shape index (κ3) is 7.29. The molecule has 0 radical (unpaired) electrons. The molecule has 1 aliphatic heterocycles. The van der Waals surface area contributed by atoms with E-state index in [4.69, 9.17) is 5.11 Å². The number of amides is 2. The number of likely N-dealkylation sites (N-methyl/N-ethyl adjacent to an activating group) is 2. The van der Waals surface area contributed by atoms with Crippen LogP contribution in [0.25, 0.3) is 0 Å². The van der Waals surface area contributed by atoms with Gasteiger partial charge >= 0.3 is 12.0 Å². The lowest BCUT2D eigenvalue weighted by Crippen LogP contribution is -2.55. The number of carbonyl (C=O) groups excluding carboxylic acids is 1. The summed E-state index contributed by atoms with van der Waals surface area (Å²) in [6, 6.07) is 0.151. The highest BCUT2D eigenvalue weighted by atomic mass is 16.4. The number of aliphatic carboxylic acids is 1. The van der Waals surface area contributed by atoms with Gasteiger partial charge in [-0.25, -0.2) is 4.79 Å². The van der Waals surface area contributed by atoms with Gasteiger partial charge in [-0.05, 0) is 26.4 Å². The Labute approximate surface area is 126 Å². The Morgan fingerprint density at radius 2 is 2.00 bits per heavy atom. The van der Waals surface area contributed by atoms with Crippen molar-refractivity contribution in [1.29, 1.82) is 0 Å². The molecule has 21 heavy (non-hydrogen) atoms. The number of rotatable bonds is 7. The number of urea groups is 1. The highest BCUT2D eigenvalue weighted by molar-refractivity contribution is 5.73. The molecule has 0 spiro atoms. The second-order valence-corrected chi connectivity index (χ2v) is 6.03.